The lowest BCUT2D eigenvalue weighted by Gasteiger charge is -2.17. The summed E-state index contributed by atoms with van der Waals surface area (Å²) in [6.45, 7) is -0.173. The van der Waals surface area contributed by atoms with E-state index in [1.807, 2.05) is 0 Å². The van der Waals surface area contributed by atoms with Crippen LogP contribution in [0.15, 0.2) is 48.5 Å². The molecule has 1 amide bonds. The first-order valence-electron chi connectivity index (χ1n) is 8.80. The lowest BCUT2D eigenvalue weighted by atomic mass is 10.1. The molecule has 0 unspecified atom stereocenters. The molecule has 1 atom stereocenters. The van der Waals surface area contributed by atoms with E-state index in [0.717, 1.165) is 0 Å². The van der Waals surface area contributed by atoms with Crippen molar-refractivity contribution >= 4 is 23.3 Å². The van der Waals surface area contributed by atoms with E-state index in [1.54, 1.807) is 55.6 Å². The molecule has 0 N–H and O–H groups in total. The smallest absolute Gasteiger partial charge is 0.311 e. The maximum Gasteiger partial charge on any atom is 0.311 e. The van der Waals surface area contributed by atoms with Crippen LogP contribution >= 0.6 is 0 Å². The minimum atomic E-state index is -0.614. The van der Waals surface area contributed by atoms with Crippen LogP contribution in [-0.2, 0) is 14.3 Å². The number of hydrogen-bond acceptors (Lipinski definition) is 6. The van der Waals surface area contributed by atoms with Gasteiger partial charge in [0.05, 0.1) is 20.1 Å². The number of carbonyl (C=O) groups excluding carboxylic acids is 3. The summed E-state index contributed by atoms with van der Waals surface area (Å²) in [5.41, 5.74) is 1.06. The summed E-state index contributed by atoms with van der Waals surface area (Å²) < 4.78 is 15.4. The number of ether oxygens (including phenoxy) is 3. The summed E-state index contributed by atoms with van der Waals surface area (Å²) >= 11 is 0. The predicted octanol–water partition coefficient (Wildman–Crippen LogP) is 2.48. The van der Waals surface area contributed by atoms with Gasteiger partial charge in [0.2, 0.25) is 5.91 Å². The van der Waals surface area contributed by atoms with Crippen molar-refractivity contribution in [3.05, 3.63) is 54.1 Å². The molecule has 0 spiro atoms. The Morgan fingerprint density at radius 2 is 1.71 bits per heavy atom. The Labute approximate surface area is 162 Å². The molecule has 7 nitrogen and oxygen atoms in total. The standard InChI is InChI=1S/C21H21NO6/c1-26-17-7-3-5-14(9-17)19(23)13-28-21(25)15-10-20(24)22(12-15)16-6-4-8-18(11-16)27-2/h3-9,11,15H,10,12-13H2,1-2H3/t15-/m1/s1. The lowest BCUT2D eigenvalue weighted by Crippen LogP contribution is -2.27. The van der Waals surface area contributed by atoms with Crippen molar-refractivity contribution in [3.63, 3.8) is 0 Å². The van der Waals surface area contributed by atoms with E-state index in [-0.39, 0.29) is 31.3 Å². The van der Waals surface area contributed by atoms with Gasteiger partial charge >= 0.3 is 5.97 Å². The lowest BCUT2D eigenvalue weighted by molar-refractivity contribution is -0.147. The number of amides is 1. The third-order valence-electron chi connectivity index (χ3n) is 4.56. The Bertz CT molecular complexity index is 894. The van der Waals surface area contributed by atoms with E-state index in [1.165, 1.54) is 12.0 Å². The molecule has 0 bridgehead atoms. The molecule has 2 aromatic carbocycles. The molecule has 28 heavy (non-hydrogen) atoms. The summed E-state index contributed by atoms with van der Waals surface area (Å²) in [6.07, 6.45) is 0.0450. The maximum absolute atomic E-state index is 12.3. The van der Waals surface area contributed by atoms with Gasteiger partial charge < -0.3 is 19.1 Å². The second-order valence-corrected chi connectivity index (χ2v) is 6.37. The minimum Gasteiger partial charge on any atom is -0.497 e. The van der Waals surface area contributed by atoms with Gasteiger partial charge in [-0.3, -0.25) is 14.4 Å². The number of anilines is 1. The number of esters is 1. The molecule has 0 radical (unpaired) electrons. The van der Waals surface area contributed by atoms with Crippen LogP contribution in [0.3, 0.4) is 0 Å². The second kappa shape index (κ2) is 8.56. The molecular formula is C21H21NO6. The van der Waals surface area contributed by atoms with Crippen LogP contribution in [0, 0.1) is 5.92 Å². The average Bonchev–Trinajstić information content (AvgIpc) is 3.13. The highest BCUT2D eigenvalue weighted by Crippen LogP contribution is 2.28. The fourth-order valence-corrected chi connectivity index (χ4v) is 3.03. The van der Waals surface area contributed by atoms with Gasteiger partial charge in [-0.05, 0) is 24.3 Å². The summed E-state index contributed by atoms with van der Waals surface area (Å²) in [6, 6.07) is 13.7. The topological polar surface area (TPSA) is 82.1 Å². The SMILES string of the molecule is COc1cccc(C(=O)COC(=O)[C@@H]2CC(=O)N(c3cccc(OC)c3)C2)c1. The number of hydrogen-bond donors (Lipinski definition) is 0. The zero-order valence-electron chi connectivity index (χ0n) is 15.7. The van der Waals surface area contributed by atoms with Crippen molar-refractivity contribution in [1.82, 2.24) is 0 Å². The molecule has 2 aromatic rings. The number of carbonyl (C=O) groups is 3. The monoisotopic (exact) mass is 383 g/mol. The molecule has 1 saturated heterocycles. The van der Waals surface area contributed by atoms with Crippen molar-refractivity contribution in [3.8, 4) is 11.5 Å². The molecule has 1 heterocycles. The van der Waals surface area contributed by atoms with E-state index in [4.69, 9.17) is 14.2 Å². The first kappa shape index (κ1) is 19.4. The van der Waals surface area contributed by atoms with E-state index in [9.17, 15) is 14.4 Å². The van der Waals surface area contributed by atoms with Crippen LogP contribution in [0.25, 0.3) is 0 Å². The number of ketones is 1. The van der Waals surface area contributed by atoms with E-state index in [0.29, 0.717) is 22.7 Å². The number of benzene rings is 2. The summed E-state index contributed by atoms with van der Waals surface area (Å²) in [7, 11) is 3.05. The van der Waals surface area contributed by atoms with Gasteiger partial charge in [-0.1, -0.05) is 18.2 Å². The summed E-state index contributed by atoms with van der Waals surface area (Å²) in [5, 5.41) is 0. The van der Waals surface area contributed by atoms with Crippen LogP contribution < -0.4 is 14.4 Å². The molecular weight excluding hydrogens is 362 g/mol. The van der Waals surface area contributed by atoms with Crippen LogP contribution in [0.1, 0.15) is 16.8 Å². The second-order valence-electron chi connectivity index (χ2n) is 6.37. The Balaban J connectivity index is 1.59. The van der Waals surface area contributed by atoms with E-state index >= 15 is 0 Å². The Morgan fingerprint density at radius 3 is 2.43 bits per heavy atom. The molecule has 1 fully saturated rings. The number of methoxy groups -OCH3 is 2. The molecule has 0 aromatic heterocycles. The molecule has 1 aliphatic rings. The molecule has 3 rings (SSSR count). The predicted molar refractivity (Wildman–Crippen MR) is 102 cm³/mol. The third kappa shape index (κ3) is 4.31. The first-order chi connectivity index (χ1) is 13.5. The quantitative estimate of drug-likeness (QED) is 0.540. The number of nitrogens with zero attached hydrogens (tertiary/aromatic N) is 1. The molecule has 1 aliphatic heterocycles. The normalized spacial score (nSPS) is 16.0. The molecule has 0 saturated carbocycles. The fourth-order valence-electron chi connectivity index (χ4n) is 3.03. The maximum atomic E-state index is 12.3. The zero-order valence-corrected chi connectivity index (χ0v) is 15.7. The first-order valence-corrected chi connectivity index (χ1v) is 8.80. The Kier molecular flexibility index (Phi) is 5.93. The van der Waals surface area contributed by atoms with Crippen molar-refractivity contribution in [2.24, 2.45) is 5.92 Å². The van der Waals surface area contributed by atoms with Crippen molar-refractivity contribution < 1.29 is 28.6 Å². The summed E-state index contributed by atoms with van der Waals surface area (Å²) in [4.78, 5) is 38.4. The van der Waals surface area contributed by atoms with E-state index in [2.05, 4.69) is 0 Å². The third-order valence-corrected chi connectivity index (χ3v) is 4.56. The largest absolute Gasteiger partial charge is 0.497 e. The molecule has 0 aliphatic carbocycles. The van der Waals surface area contributed by atoms with Crippen LogP contribution in [0.2, 0.25) is 0 Å². The highest BCUT2D eigenvalue weighted by atomic mass is 16.5. The Hall–Kier alpha value is -3.35. The van der Waals surface area contributed by atoms with Crippen molar-refractivity contribution in [2.75, 3.05) is 32.3 Å². The van der Waals surface area contributed by atoms with Gasteiger partial charge in [0.1, 0.15) is 11.5 Å². The van der Waals surface area contributed by atoms with Crippen molar-refractivity contribution in [1.29, 1.82) is 0 Å². The van der Waals surface area contributed by atoms with Gasteiger partial charge in [0.25, 0.3) is 0 Å². The summed E-state index contributed by atoms with van der Waals surface area (Å²) in [5.74, 6) is -0.505. The highest BCUT2D eigenvalue weighted by molar-refractivity contribution is 6.01. The fraction of sp³-hybridized carbons (Fsp3) is 0.286. The van der Waals surface area contributed by atoms with Gasteiger partial charge in [-0.15, -0.1) is 0 Å². The average molecular weight is 383 g/mol. The highest BCUT2D eigenvalue weighted by Gasteiger charge is 2.36. The zero-order chi connectivity index (χ0) is 20.1. The number of Topliss-reactive ketones (excluding diaryl/α,β-unsaturated/α-hetero) is 1. The van der Waals surface area contributed by atoms with Crippen LogP contribution in [0.5, 0.6) is 11.5 Å². The molecule has 146 valence electrons. The van der Waals surface area contributed by atoms with Gasteiger partial charge in [0, 0.05) is 30.3 Å². The minimum absolute atomic E-state index is 0.0450. The van der Waals surface area contributed by atoms with Gasteiger partial charge in [-0.2, -0.15) is 0 Å². The van der Waals surface area contributed by atoms with Crippen LogP contribution in [0.4, 0.5) is 5.69 Å². The molecule has 7 heteroatoms. The van der Waals surface area contributed by atoms with Crippen LogP contribution in [-0.4, -0.2) is 45.0 Å². The van der Waals surface area contributed by atoms with Gasteiger partial charge in [0.15, 0.2) is 12.4 Å². The Morgan fingerprint density at radius 1 is 1.04 bits per heavy atom. The van der Waals surface area contributed by atoms with E-state index < -0.39 is 11.9 Å². The van der Waals surface area contributed by atoms with Crippen molar-refractivity contribution in [2.45, 2.75) is 6.42 Å². The number of rotatable bonds is 7. The van der Waals surface area contributed by atoms with Gasteiger partial charge in [-0.25, -0.2) is 0 Å².